The van der Waals surface area contributed by atoms with Crippen LogP contribution in [0.4, 0.5) is 0 Å². The summed E-state index contributed by atoms with van der Waals surface area (Å²) < 4.78 is 5.35. The highest BCUT2D eigenvalue weighted by Crippen LogP contribution is 2.24. The molecule has 0 spiro atoms. The second-order valence-corrected chi connectivity index (χ2v) is 5.79. The number of aliphatic carboxylic acids is 1. The van der Waals surface area contributed by atoms with Gasteiger partial charge in [0.25, 0.3) is 5.91 Å². The zero-order valence-corrected chi connectivity index (χ0v) is 13.2. The van der Waals surface area contributed by atoms with Gasteiger partial charge in [-0.1, -0.05) is 12.2 Å². The maximum absolute atomic E-state index is 12.9. The Morgan fingerprint density at radius 1 is 1.26 bits per heavy atom. The Labute approximate surface area is 133 Å². The lowest BCUT2D eigenvalue weighted by Crippen LogP contribution is -2.62. The van der Waals surface area contributed by atoms with Crippen molar-refractivity contribution in [2.75, 3.05) is 0 Å². The number of nitrogens with zero attached hydrogens (tertiary/aromatic N) is 1. The van der Waals surface area contributed by atoms with E-state index in [-0.39, 0.29) is 23.8 Å². The summed E-state index contributed by atoms with van der Waals surface area (Å²) in [6.07, 6.45) is 3.77. The van der Waals surface area contributed by atoms with Gasteiger partial charge in [-0.05, 0) is 19.9 Å². The predicted molar refractivity (Wildman–Crippen MR) is 81.1 cm³/mol. The third-order valence-corrected chi connectivity index (χ3v) is 3.96. The van der Waals surface area contributed by atoms with Crippen LogP contribution < -0.4 is 11.1 Å². The van der Waals surface area contributed by atoms with Crippen LogP contribution in [-0.4, -0.2) is 58.1 Å². The van der Waals surface area contributed by atoms with Gasteiger partial charge in [0.1, 0.15) is 0 Å². The number of carbonyl (C=O) groups is 3. The first kappa shape index (κ1) is 17.0. The monoisotopic (exact) mass is 323 g/mol. The van der Waals surface area contributed by atoms with Crippen molar-refractivity contribution in [3.05, 3.63) is 24.0 Å². The van der Waals surface area contributed by atoms with Gasteiger partial charge in [-0.25, -0.2) is 4.79 Å². The van der Waals surface area contributed by atoms with Crippen LogP contribution in [0.3, 0.4) is 0 Å². The van der Waals surface area contributed by atoms with Crippen molar-refractivity contribution >= 4 is 17.8 Å². The molecule has 0 saturated carbocycles. The lowest BCUT2D eigenvalue weighted by atomic mass is 9.97. The average Bonchev–Trinajstić information content (AvgIpc) is 2.78. The number of nitrogens with one attached hydrogen (secondary N) is 1. The molecule has 0 saturated heterocycles. The Hall–Kier alpha value is -2.35. The van der Waals surface area contributed by atoms with E-state index < -0.39 is 30.1 Å². The number of hydrogen-bond acceptors (Lipinski definition) is 5. The van der Waals surface area contributed by atoms with E-state index in [1.54, 1.807) is 4.90 Å². The topological polar surface area (TPSA) is 122 Å². The lowest BCUT2D eigenvalue weighted by Gasteiger charge is -2.38. The van der Waals surface area contributed by atoms with Crippen LogP contribution in [0.1, 0.15) is 20.8 Å². The molecule has 8 nitrogen and oxygen atoms in total. The third-order valence-electron chi connectivity index (χ3n) is 3.96. The maximum Gasteiger partial charge on any atom is 0.370 e. The number of hydrogen-bond donors (Lipinski definition) is 3. The van der Waals surface area contributed by atoms with E-state index in [1.807, 2.05) is 26.0 Å². The number of carbonyl (C=O) groups excluding carboxylic acids is 2. The normalized spacial score (nSPS) is 33.0. The minimum atomic E-state index is -1.31. The highest BCUT2D eigenvalue weighted by Gasteiger charge is 2.44. The number of amides is 2. The summed E-state index contributed by atoms with van der Waals surface area (Å²) in [5, 5.41) is 11.7. The Morgan fingerprint density at radius 3 is 2.30 bits per heavy atom. The summed E-state index contributed by atoms with van der Waals surface area (Å²) >= 11 is 0. The van der Waals surface area contributed by atoms with E-state index in [9.17, 15) is 14.4 Å². The standard InChI is InChI=1S/C15H21N3O5/c1-7-4-5-8(2)18(7)14(20)13-12(17-9(3)19)10(16)6-11(23-13)15(21)22/h4-8,10,12-13H,16H2,1-3H3,(H,17,19)(H,21,22)/t7?,8?,10-,12+,13+/m1/s1. The molecule has 23 heavy (non-hydrogen) atoms. The number of carboxylic acid groups (broad SMARTS) is 1. The average molecular weight is 323 g/mol. The molecule has 0 aromatic heterocycles. The van der Waals surface area contributed by atoms with Gasteiger partial charge in [-0.15, -0.1) is 0 Å². The largest absolute Gasteiger partial charge is 0.475 e. The van der Waals surface area contributed by atoms with Crippen LogP contribution in [0.5, 0.6) is 0 Å². The van der Waals surface area contributed by atoms with Crippen molar-refractivity contribution in [1.82, 2.24) is 10.2 Å². The van der Waals surface area contributed by atoms with Gasteiger partial charge in [0.15, 0.2) is 6.10 Å². The van der Waals surface area contributed by atoms with Gasteiger partial charge in [0, 0.05) is 19.0 Å². The molecule has 2 rings (SSSR count). The number of carboxylic acids is 1. The smallest absolute Gasteiger partial charge is 0.370 e. The molecule has 0 aliphatic carbocycles. The second kappa shape index (κ2) is 6.41. The SMILES string of the molecule is CC(=O)N[C@H]1[C@H](N)C=C(C(=O)O)O[C@@H]1C(=O)N1C(C)C=CC1C. The molecule has 0 fully saturated rings. The van der Waals surface area contributed by atoms with Crippen LogP contribution in [-0.2, 0) is 19.1 Å². The molecule has 2 aliphatic heterocycles. The minimum Gasteiger partial charge on any atom is -0.475 e. The molecule has 4 N–H and O–H groups in total. The van der Waals surface area contributed by atoms with Crippen LogP contribution in [0.25, 0.3) is 0 Å². The van der Waals surface area contributed by atoms with E-state index in [0.717, 1.165) is 0 Å². The number of nitrogens with two attached hydrogens (primary N) is 1. The van der Waals surface area contributed by atoms with E-state index in [4.69, 9.17) is 15.6 Å². The van der Waals surface area contributed by atoms with Crippen molar-refractivity contribution in [3.8, 4) is 0 Å². The molecule has 2 unspecified atom stereocenters. The summed E-state index contributed by atoms with van der Waals surface area (Å²) in [6.45, 7) is 5.00. The van der Waals surface area contributed by atoms with Crippen molar-refractivity contribution in [3.63, 3.8) is 0 Å². The van der Waals surface area contributed by atoms with E-state index >= 15 is 0 Å². The summed E-state index contributed by atoms with van der Waals surface area (Å²) in [5.41, 5.74) is 5.93. The molecule has 0 bridgehead atoms. The Kier molecular flexibility index (Phi) is 4.74. The fourth-order valence-corrected chi connectivity index (χ4v) is 2.89. The molecular formula is C15H21N3O5. The molecule has 0 aromatic carbocycles. The maximum atomic E-state index is 12.9. The van der Waals surface area contributed by atoms with Gasteiger partial charge in [-0.3, -0.25) is 9.59 Å². The molecule has 2 heterocycles. The van der Waals surface area contributed by atoms with E-state index in [0.29, 0.717) is 0 Å². The van der Waals surface area contributed by atoms with Gasteiger partial charge in [0.05, 0.1) is 12.1 Å². The molecule has 2 aliphatic rings. The summed E-state index contributed by atoms with van der Waals surface area (Å²) in [7, 11) is 0. The van der Waals surface area contributed by atoms with Crippen molar-refractivity contribution in [2.24, 2.45) is 5.73 Å². The highest BCUT2D eigenvalue weighted by atomic mass is 16.5. The lowest BCUT2D eigenvalue weighted by molar-refractivity contribution is -0.150. The van der Waals surface area contributed by atoms with Crippen LogP contribution in [0.15, 0.2) is 24.0 Å². The van der Waals surface area contributed by atoms with E-state index in [2.05, 4.69) is 5.32 Å². The quantitative estimate of drug-likeness (QED) is 0.594. The van der Waals surface area contributed by atoms with E-state index in [1.165, 1.54) is 13.0 Å². The summed E-state index contributed by atoms with van der Waals surface area (Å²) in [6, 6.07) is -1.96. The molecular weight excluding hydrogens is 302 g/mol. The third kappa shape index (κ3) is 3.37. The molecule has 126 valence electrons. The molecule has 0 aromatic rings. The first-order chi connectivity index (χ1) is 10.7. The minimum absolute atomic E-state index is 0.144. The zero-order chi connectivity index (χ0) is 17.3. The Morgan fingerprint density at radius 2 is 1.83 bits per heavy atom. The van der Waals surface area contributed by atoms with Crippen molar-refractivity contribution in [1.29, 1.82) is 0 Å². The van der Waals surface area contributed by atoms with Crippen LogP contribution in [0.2, 0.25) is 0 Å². The van der Waals surface area contributed by atoms with Gasteiger partial charge >= 0.3 is 5.97 Å². The Bertz CT molecular complexity index is 574. The number of ether oxygens (including phenoxy) is 1. The molecule has 2 amide bonds. The fourth-order valence-electron chi connectivity index (χ4n) is 2.89. The molecule has 0 radical (unpaired) electrons. The van der Waals surface area contributed by atoms with Crippen LogP contribution in [0, 0.1) is 0 Å². The summed E-state index contributed by atoms with van der Waals surface area (Å²) in [4.78, 5) is 37.0. The van der Waals surface area contributed by atoms with Gasteiger partial charge in [-0.2, -0.15) is 0 Å². The molecule has 5 atom stereocenters. The number of rotatable bonds is 3. The second-order valence-electron chi connectivity index (χ2n) is 5.79. The predicted octanol–water partition coefficient (Wildman–Crippen LogP) is -0.639. The Balaban J connectivity index is 2.31. The first-order valence-corrected chi connectivity index (χ1v) is 7.37. The van der Waals surface area contributed by atoms with Crippen molar-refractivity contribution in [2.45, 2.75) is 51.0 Å². The fraction of sp³-hybridized carbons (Fsp3) is 0.533. The van der Waals surface area contributed by atoms with Crippen LogP contribution >= 0.6 is 0 Å². The molecule has 8 heteroatoms. The zero-order valence-electron chi connectivity index (χ0n) is 13.2. The first-order valence-electron chi connectivity index (χ1n) is 7.37. The van der Waals surface area contributed by atoms with Gasteiger partial charge < -0.3 is 25.8 Å². The highest BCUT2D eigenvalue weighted by molar-refractivity contribution is 5.89. The van der Waals surface area contributed by atoms with Gasteiger partial charge in [0.2, 0.25) is 11.7 Å². The summed E-state index contributed by atoms with van der Waals surface area (Å²) in [5.74, 6) is -2.47. The van der Waals surface area contributed by atoms with Crippen molar-refractivity contribution < 1.29 is 24.2 Å².